The highest BCUT2D eigenvalue weighted by Crippen LogP contribution is 2.27. The van der Waals surface area contributed by atoms with Gasteiger partial charge >= 0.3 is 0 Å². The fourth-order valence-corrected chi connectivity index (χ4v) is 2.11. The lowest BCUT2D eigenvalue weighted by atomic mass is 10.2. The predicted octanol–water partition coefficient (Wildman–Crippen LogP) is 4.57. The molecule has 0 fully saturated rings. The van der Waals surface area contributed by atoms with Gasteiger partial charge in [0.05, 0.1) is 17.8 Å². The van der Waals surface area contributed by atoms with Gasteiger partial charge in [0.25, 0.3) is 0 Å². The molecule has 0 saturated heterocycles. The van der Waals surface area contributed by atoms with E-state index in [1.54, 1.807) is 7.11 Å². The Morgan fingerprint density at radius 3 is 2.56 bits per heavy atom. The minimum Gasteiger partial charge on any atom is -0.497 e. The zero-order valence-corrected chi connectivity index (χ0v) is 12.8. The van der Waals surface area contributed by atoms with Gasteiger partial charge in [-0.25, -0.2) is 0 Å². The molecule has 0 unspecified atom stereocenters. The van der Waals surface area contributed by atoms with Crippen molar-refractivity contribution in [2.75, 3.05) is 12.4 Å². The highest BCUT2D eigenvalue weighted by atomic mass is 127. The summed E-state index contributed by atoms with van der Waals surface area (Å²) in [5, 5.41) is 4.00. The molecule has 2 nitrogen and oxygen atoms in total. The van der Waals surface area contributed by atoms with Crippen LogP contribution in [0.1, 0.15) is 5.56 Å². The van der Waals surface area contributed by atoms with Crippen LogP contribution in [-0.4, -0.2) is 7.11 Å². The summed E-state index contributed by atoms with van der Waals surface area (Å²) < 4.78 is 6.41. The maximum Gasteiger partial charge on any atom is 0.121 e. The standard InChI is InChI=1S/C14H13ClINO/c1-18-12-6-7-13(15)14(8-12)17-9-10-2-4-11(16)5-3-10/h2-8,17H,9H2,1H3. The van der Waals surface area contributed by atoms with E-state index in [1.165, 1.54) is 9.13 Å². The van der Waals surface area contributed by atoms with Crippen LogP contribution in [0.4, 0.5) is 5.69 Å². The SMILES string of the molecule is COc1ccc(Cl)c(NCc2ccc(I)cc2)c1. The van der Waals surface area contributed by atoms with Crippen molar-refractivity contribution >= 4 is 39.9 Å². The maximum atomic E-state index is 6.13. The zero-order chi connectivity index (χ0) is 13.0. The van der Waals surface area contributed by atoms with Crippen LogP contribution in [0.25, 0.3) is 0 Å². The Morgan fingerprint density at radius 1 is 1.17 bits per heavy atom. The molecule has 1 N–H and O–H groups in total. The second-order valence-corrected chi connectivity index (χ2v) is 5.48. The molecule has 2 aromatic rings. The summed E-state index contributed by atoms with van der Waals surface area (Å²) in [6.07, 6.45) is 0. The van der Waals surface area contributed by atoms with Crippen molar-refractivity contribution in [3.05, 3.63) is 56.6 Å². The monoisotopic (exact) mass is 373 g/mol. The van der Waals surface area contributed by atoms with Crippen LogP contribution >= 0.6 is 34.2 Å². The van der Waals surface area contributed by atoms with E-state index in [-0.39, 0.29) is 0 Å². The lowest BCUT2D eigenvalue weighted by Gasteiger charge is -2.10. The molecule has 0 saturated carbocycles. The van der Waals surface area contributed by atoms with Crippen molar-refractivity contribution in [1.29, 1.82) is 0 Å². The Kier molecular flexibility index (Phi) is 4.72. The summed E-state index contributed by atoms with van der Waals surface area (Å²) in [6.45, 7) is 0.740. The topological polar surface area (TPSA) is 21.3 Å². The van der Waals surface area contributed by atoms with E-state index in [0.717, 1.165) is 18.0 Å². The largest absolute Gasteiger partial charge is 0.497 e. The maximum absolute atomic E-state index is 6.13. The normalized spacial score (nSPS) is 10.2. The van der Waals surface area contributed by atoms with Crippen LogP contribution < -0.4 is 10.1 Å². The van der Waals surface area contributed by atoms with Crippen LogP contribution in [0.2, 0.25) is 5.02 Å². The van der Waals surface area contributed by atoms with Gasteiger partial charge in [0, 0.05) is 16.2 Å². The first-order valence-corrected chi connectivity index (χ1v) is 6.96. The van der Waals surface area contributed by atoms with E-state index < -0.39 is 0 Å². The molecule has 18 heavy (non-hydrogen) atoms. The molecule has 0 radical (unpaired) electrons. The van der Waals surface area contributed by atoms with Crippen molar-refractivity contribution < 1.29 is 4.74 Å². The zero-order valence-electron chi connectivity index (χ0n) is 9.91. The van der Waals surface area contributed by atoms with E-state index in [2.05, 4.69) is 52.2 Å². The number of rotatable bonds is 4. The molecule has 0 amide bonds. The Hall–Kier alpha value is -0.940. The Balaban J connectivity index is 2.07. The Morgan fingerprint density at radius 2 is 1.89 bits per heavy atom. The molecule has 0 aliphatic heterocycles. The number of nitrogens with one attached hydrogen (secondary N) is 1. The van der Waals surface area contributed by atoms with E-state index in [9.17, 15) is 0 Å². The van der Waals surface area contributed by atoms with Crippen molar-refractivity contribution in [2.45, 2.75) is 6.54 Å². The van der Waals surface area contributed by atoms with Crippen LogP contribution in [-0.2, 0) is 6.54 Å². The molecule has 0 atom stereocenters. The van der Waals surface area contributed by atoms with E-state index in [4.69, 9.17) is 16.3 Å². The number of halogens is 2. The Bertz CT molecular complexity index is 528. The number of anilines is 1. The van der Waals surface area contributed by atoms with Gasteiger partial charge in [0.2, 0.25) is 0 Å². The highest BCUT2D eigenvalue weighted by molar-refractivity contribution is 14.1. The first-order valence-electron chi connectivity index (χ1n) is 5.51. The molecule has 2 rings (SSSR count). The lowest BCUT2D eigenvalue weighted by Crippen LogP contribution is -2.00. The van der Waals surface area contributed by atoms with Gasteiger partial charge in [-0.3, -0.25) is 0 Å². The van der Waals surface area contributed by atoms with E-state index >= 15 is 0 Å². The van der Waals surface area contributed by atoms with Gasteiger partial charge in [-0.15, -0.1) is 0 Å². The summed E-state index contributed by atoms with van der Waals surface area (Å²) in [4.78, 5) is 0. The summed E-state index contributed by atoms with van der Waals surface area (Å²) in [5.41, 5.74) is 2.10. The second kappa shape index (κ2) is 6.29. The van der Waals surface area contributed by atoms with E-state index in [1.807, 2.05) is 18.2 Å². The third-order valence-corrected chi connectivity index (χ3v) is 3.62. The fraction of sp³-hybridized carbons (Fsp3) is 0.143. The second-order valence-electron chi connectivity index (χ2n) is 3.83. The average Bonchev–Trinajstić information content (AvgIpc) is 2.40. The number of methoxy groups -OCH3 is 1. The number of hydrogen-bond acceptors (Lipinski definition) is 2. The summed E-state index contributed by atoms with van der Waals surface area (Å²) in [6, 6.07) is 13.9. The molecule has 0 aromatic heterocycles. The molecule has 0 heterocycles. The first-order chi connectivity index (χ1) is 8.69. The fourth-order valence-electron chi connectivity index (χ4n) is 1.57. The predicted molar refractivity (Wildman–Crippen MR) is 84.5 cm³/mol. The molecular formula is C14H13ClINO. The quantitative estimate of drug-likeness (QED) is 0.793. The number of benzene rings is 2. The van der Waals surface area contributed by atoms with E-state index in [0.29, 0.717) is 5.02 Å². The van der Waals surface area contributed by atoms with Gasteiger partial charge in [-0.1, -0.05) is 23.7 Å². The van der Waals surface area contributed by atoms with Gasteiger partial charge in [-0.2, -0.15) is 0 Å². The van der Waals surface area contributed by atoms with Gasteiger partial charge < -0.3 is 10.1 Å². The van der Waals surface area contributed by atoms with Gasteiger partial charge in [0.15, 0.2) is 0 Å². The number of ether oxygens (including phenoxy) is 1. The van der Waals surface area contributed by atoms with Gasteiger partial charge in [0.1, 0.15) is 5.75 Å². The van der Waals surface area contributed by atoms with Crippen molar-refractivity contribution in [3.63, 3.8) is 0 Å². The minimum atomic E-state index is 0.696. The Labute approximate surface area is 125 Å². The molecule has 0 aliphatic rings. The van der Waals surface area contributed by atoms with Crippen LogP contribution in [0.15, 0.2) is 42.5 Å². The summed E-state index contributed by atoms with van der Waals surface area (Å²) in [7, 11) is 1.64. The van der Waals surface area contributed by atoms with Gasteiger partial charge in [-0.05, 0) is 52.4 Å². The molecule has 94 valence electrons. The molecule has 2 aromatic carbocycles. The van der Waals surface area contributed by atoms with Crippen molar-refractivity contribution in [1.82, 2.24) is 0 Å². The molecule has 0 spiro atoms. The third-order valence-electron chi connectivity index (χ3n) is 2.57. The van der Waals surface area contributed by atoms with Crippen molar-refractivity contribution in [2.24, 2.45) is 0 Å². The summed E-state index contributed by atoms with van der Waals surface area (Å²) in [5.74, 6) is 0.796. The highest BCUT2D eigenvalue weighted by Gasteiger charge is 2.02. The summed E-state index contributed by atoms with van der Waals surface area (Å²) >= 11 is 8.42. The first kappa shape index (κ1) is 13.5. The van der Waals surface area contributed by atoms with Crippen LogP contribution in [0.5, 0.6) is 5.75 Å². The number of hydrogen-bond donors (Lipinski definition) is 1. The van der Waals surface area contributed by atoms with Crippen LogP contribution in [0, 0.1) is 3.57 Å². The lowest BCUT2D eigenvalue weighted by molar-refractivity contribution is 0.415. The van der Waals surface area contributed by atoms with Crippen LogP contribution in [0.3, 0.4) is 0 Å². The smallest absolute Gasteiger partial charge is 0.121 e. The molecule has 0 aliphatic carbocycles. The molecule has 0 bridgehead atoms. The third kappa shape index (κ3) is 3.53. The molecule has 4 heteroatoms. The average molecular weight is 374 g/mol. The molecular weight excluding hydrogens is 361 g/mol. The minimum absolute atomic E-state index is 0.696. The van der Waals surface area contributed by atoms with Crippen molar-refractivity contribution in [3.8, 4) is 5.75 Å².